The molecule has 0 aliphatic heterocycles. The van der Waals surface area contributed by atoms with E-state index in [2.05, 4.69) is 25.5 Å². The van der Waals surface area contributed by atoms with Crippen LogP contribution in [0.15, 0.2) is 18.9 Å². The molecule has 60 valence electrons. The average molecular weight is 183 g/mol. The highest BCUT2D eigenvalue weighted by molar-refractivity contribution is 6.31. The molecule has 0 fully saturated rings. The van der Waals surface area contributed by atoms with E-state index in [1.165, 1.54) is 23.5 Å². The number of aromatic nitrogens is 6. The van der Waals surface area contributed by atoms with Gasteiger partial charge in [0.05, 0.1) is 6.20 Å². The summed E-state index contributed by atoms with van der Waals surface area (Å²) in [6, 6.07) is 0. The van der Waals surface area contributed by atoms with Crippen molar-refractivity contribution in [1.29, 1.82) is 0 Å². The first kappa shape index (κ1) is 7.11. The van der Waals surface area contributed by atoms with E-state index < -0.39 is 0 Å². The molecule has 2 aromatic rings. The Bertz CT molecular complexity index is 371. The number of hydrogen-bond acceptors (Lipinski definition) is 5. The summed E-state index contributed by atoms with van der Waals surface area (Å²) in [7, 11) is 0. The van der Waals surface area contributed by atoms with Crippen LogP contribution in [0.5, 0.6) is 0 Å². The molecule has 12 heavy (non-hydrogen) atoms. The number of nitrogens with zero attached hydrogens (tertiary/aromatic N) is 6. The predicted molar refractivity (Wildman–Crippen MR) is 39.8 cm³/mol. The van der Waals surface area contributed by atoms with E-state index in [1.54, 1.807) is 0 Å². The Morgan fingerprint density at radius 2 is 2.33 bits per heavy atom. The lowest BCUT2D eigenvalue weighted by molar-refractivity contribution is 0.768. The van der Waals surface area contributed by atoms with Gasteiger partial charge in [-0.05, 0) is 10.4 Å². The van der Waals surface area contributed by atoms with Crippen molar-refractivity contribution in [3.05, 3.63) is 23.9 Å². The first-order valence-electron chi connectivity index (χ1n) is 3.07. The van der Waals surface area contributed by atoms with Crippen molar-refractivity contribution in [2.24, 2.45) is 0 Å². The van der Waals surface area contributed by atoms with Crippen molar-refractivity contribution >= 4 is 11.6 Å². The van der Waals surface area contributed by atoms with Crippen molar-refractivity contribution in [2.45, 2.75) is 0 Å². The summed E-state index contributed by atoms with van der Waals surface area (Å²) in [6.45, 7) is 0. The van der Waals surface area contributed by atoms with Gasteiger partial charge in [-0.2, -0.15) is 4.68 Å². The summed E-state index contributed by atoms with van der Waals surface area (Å²) < 4.78 is 1.37. The Morgan fingerprint density at radius 1 is 1.42 bits per heavy atom. The quantitative estimate of drug-likeness (QED) is 0.626. The van der Waals surface area contributed by atoms with E-state index in [-0.39, 0.29) is 0 Å². The number of hydrogen-bond donors (Lipinski definition) is 0. The summed E-state index contributed by atoms with van der Waals surface area (Å²) in [4.78, 5) is 7.63. The minimum atomic E-state index is 0.407. The van der Waals surface area contributed by atoms with Gasteiger partial charge < -0.3 is 0 Å². The maximum Gasteiger partial charge on any atom is 0.178 e. The van der Waals surface area contributed by atoms with Crippen LogP contribution in [0.1, 0.15) is 0 Å². The molecule has 0 radical (unpaired) electrons. The van der Waals surface area contributed by atoms with E-state index >= 15 is 0 Å². The Kier molecular flexibility index (Phi) is 1.67. The molecule has 0 N–H and O–H groups in total. The molecule has 2 aromatic heterocycles. The molecular weight excluding hydrogens is 180 g/mol. The maximum atomic E-state index is 5.77. The number of halogens is 1. The molecule has 0 bridgehead atoms. The van der Waals surface area contributed by atoms with Crippen molar-refractivity contribution in [1.82, 2.24) is 30.2 Å². The van der Waals surface area contributed by atoms with Crippen molar-refractivity contribution in [3.8, 4) is 5.82 Å². The average Bonchev–Trinajstić information content (AvgIpc) is 2.57. The van der Waals surface area contributed by atoms with Gasteiger partial charge in [-0.1, -0.05) is 11.6 Å². The van der Waals surface area contributed by atoms with E-state index in [9.17, 15) is 0 Å². The van der Waals surface area contributed by atoms with E-state index in [4.69, 9.17) is 11.6 Å². The fraction of sp³-hybridized carbons (Fsp3) is 0. The largest absolute Gasteiger partial charge is 0.243 e. The zero-order chi connectivity index (χ0) is 8.39. The van der Waals surface area contributed by atoms with Crippen LogP contribution in [0, 0.1) is 0 Å². The fourth-order valence-corrected chi connectivity index (χ4v) is 0.925. The summed E-state index contributed by atoms with van der Waals surface area (Å²) in [5.74, 6) is 0.469. The van der Waals surface area contributed by atoms with Crippen LogP contribution in [0.2, 0.25) is 5.02 Å². The highest BCUT2D eigenvalue weighted by Gasteiger charge is 2.03. The zero-order valence-corrected chi connectivity index (χ0v) is 6.55. The van der Waals surface area contributed by atoms with Crippen LogP contribution in [-0.4, -0.2) is 30.2 Å². The normalized spacial score (nSPS) is 10.1. The van der Waals surface area contributed by atoms with Crippen LogP contribution in [0.3, 0.4) is 0 Å². The minimum absolute atomic E-state index is 0.407. The molecular formula is C5H3ClN6. The van der Waals surface area contributed by atoms with Gasteiger partial charge in [0.25, 0.3) is 0 Å². The topological polar surface area (TPSA) is 69.4 Å². The van der Waals surface area contributed by atoms with Crippen LogP contribution >= 0.6 is 11.6 Å². The maximum absolute atomic E-state index is 5.77. The smallest absolute Gasteiger partial charge is 0.178 e. The molecule has 6 nitrogen and oxygen atoms in total. The first-order chi connectivity index (χ1) is 5.88. The first-order valence-corrected chi connectivity index (χ1v) is 3.44. The number of tetrazole rings is 1. The Balaban J connectivity index is 2.55. The Labute approximate surface area is 72.2 Å². The highest BCUT2D eigenvalue weighted by atomic mass is 35.5. The van der Waals surface area contributed by atoms with Gasteiger partial charge in [-0.15, -0.1) is 5.10 Å². The second-order valence-electron chi connectivity index (χ2n) is 1.95. The highest BCUT2D eigenvalue weighted by Crippen LogP contribution is 2.12. The van der Waals surface area contributed by atoms with Gasteiger partial charge >= 0.3 is 0 Å². The van der Waals surface area contributed by atoms with Crippen LogP contribution < -0.4 is 0 Å². The van der Waals surface area contributed by atoms with Gasteiger partial charge in [0, 0.05) is 0 Å². The third kappa shape index (κ3) is 1.12. The van der Waals surface area contributed by atoms with Gasteiger partial charge in [-0.3, -0.25) is 0 Å². The Hall–Kier alpha value is -1.56. The molecule has 0 saturated heterocycles. The standard InChI is InChI=1S/C5H3ClN6/c6-4-1-7-2-8-5(4)12-3-9-10-11-12/h1-3H. The van der Waals surface area contributed by atoms with Crippen LogP contribution in [-0.2, 0) is 0 Å². The molecule has 2 heterocycles. The molecule has 0 atom stereocenters. The van der Waals surface area contributed by atoms with Gasteiger partial charge in [0.2, 0.25) is 0 Å². The monoisotopic (exact) mass is 182 g/mol. The molecule has 0 saturated carbocycles. The van der Waals surface area contributed by atoms with E-state index in [0.717, 1.165) is 0 Å². The second-order valence-corrected chi connectivity index (χ2v) is 2.36. The minimum Gasteiger partial charge on any atom is -0.243 e. The molecule has 0 aliphatic rings. The Morgan fingerprint density at radius 3 is 3.00 bits per heavy atom. The lowest BCUT2D eigenvalue weighted by Crippen LogP contribution is -1.99. The summed E-state index contributed by atoms with van der Waals surface area (Å²) >= 11 is 5.77. The van der Waals surface area contributed by atoms with Crippen LogP contribution in [0.4, 0.5) is 0 Å². The summed E-state index contributed by atoms with van der Waals surface area (Å²) in [5, 5.41) is 10.9. The molecule has 0 amide bonds. The van der Waals surface area contributed by atoms with E-state index in [0.29, 0.717) is 10.8 Å². The zero-order valence-electron chi connectivity index (χ0n) is 5.79. The summed E-state index contributed by atoms with van der Waals surface area (Å²) in [5.41, 5.74) is 0. The van der Waals surface area contributed by atoms with Crippen molar-refractivity contribution < 1.29 is 0 Å². The number of rotatable bonds is 1. The third-order valence-electron chi connectivity index (χ3n) is 1.21. The summed E-state index contributed by atoms with van der Waals surface area (Å²) in [6.07, 6.45) is 4.27. The predicted octanol–water partition coefficient (Wildman–Crippen LogP) is 0.106. The fourth-order valence-electron chi connectivity index (χ4n) is 0.733. The molecule has 2 rings (SSSR count). The van der Waals surface area contributed by atoms with Crippen LogP contribution in [0.25, 0.3) is 5.82 Å². The van der Waals surface area contributed by atoms with Crippen molar-refractivity contribution in [2.75, 3.05) is 0 Å². The molecule has 0 unspecified atom stereocenters. The van der Waals surface area contributed by atoms with Gasteiger partial charge in [0.1, 0.15) is 17.7 Å². The lowest BCUT2D eigenvalue weighted by atomic mass is 10.6. The molecule has 0 aromatic carbocycles. The SMILES string of the molecule is Clc1cncnc1-n1cnnn1. The molecule has 0 aliphatic carbocycles. The third-order valence-corrected chi connectivity index (χ3v) is 1.48. The van der Waals surface area contributed by atoms with E-state index in [1.807, 2.05) is 0 Å². The molecule has 0 spiro atoms. The lowest BCUT2D eigenvalue weighted by Gasteiger charge is -1.97. The van der Waals surface area contributed by atoms with Crippen molar-refractivity contribution in [3.63, 3.8) is 0 Å². The van der Waals surface area contributed by atoms with Gasteiger partial charge in [-0.25, -0.2) is 9.97 Å². The molecule has 7 heteroatoms. The van der Waals surface area contributed by atoms with Gasteiger partial charge in [0.15, 0.2) is 5.82 Å². The second kappa shape index (κ2) is 2.82.